The van der Waals surface area contributed by atoms with Crippen LogP contribution in [0.15, 0.2) is 45.6 Å². The van der Waals surface area contributed by atoms with Gasteiger partial charge >= 0.3 is 0 Å². The molecule has 0 nitrogen and oxygen atoms in total. The van der Waals surface area contributed by atoms with E-state index < -0.39 is 8.07 Å². The molecule has 0 heterocycles. The lowest BCUT2D eigenvalue weighted by Gasteiger charge is -2.25. The molecule has 1 aromatic rings. The van der Waals surface area contributed by atoms with Crippen LogP contribution in [-0.4, -0.2) is 8.07 Å². The summed E-state index contributed by atoms with van der Waals surface area (Å²) in [5.74, 6) is 0. The van der Waals surface area contributed by atoms with E-state index in [4.69, 9.17) is 0 Å². The monoisotopic (exact) mass is 496 g/mol. The lowest BCUT2D eigenvalue weighted by molar-refractivity contribution is 0.666. The maximum Gasteiger partial charge on any atom is 0.0787 e. The molecule has 2 heteroatoms. The van der Waals surface area contributed by atoms with E-state index in [1.807, 2.05) is 0 Å². The summed E-state index contributed by atoms with van der Waals surface area (Å²) in [5, 5.41) is 1.67. The summed E-state index contributed by atoms with van der Waals surface area (Å²) < 4.78 is 1.54. The normalized spacial score (nSPS) is 13.6. The molecule has 0 aliphatic rings. The second-order valence-electron chi connectivity index (χ2n) is 8.73. The molecule has 27 heavy (non-hydrogen) atoms. The average Bonchev–Trinajstić information content (AvgIpc) is 2.62. The number of rotatable bonds is 13. The Morgan fingerprint density at radius 2 is 1.37 bits per heavy atom. The highest BCUT2D eigenvalue weighted by Gasteiger charge is 2.24. The van der Waals surface area contributed by atoms with Crippen LogP contribution < -0.4 is 0 Å². The topological polar surface area (TPSA) is 0 Å². The molecule has 0 radical (unpaired) electrons. The van der Waals surface area contributed by atoms with Crippen LogP contribution in [0.3, 0.4) is 0 Å². The number of hydrogen-bond acceptors (Lipinski definition) is 0. The molecule has 0 spiro atoms. The van der Waals surface area contributed by atoms with Crippen molar-refractivity contribution in [2.45, 2.75) is 97.7 Å². The van der Waals surface area contributed by atoms with Gasteiger partial charge in [-0.05, 0) is 74.3 Å². The molecule has 0 aliphatic heterocycles. The Morgan fingerprint density at radius 3 is 1.89 bits per heavy atom. The predicted octanol–water partition coefficient (Wildman–Crippen LogP) is 9.58. The van der Waals surface area contributed by atoms with Crippen molar-refractivity contribution >= 4 is 35.9 Å². The molecule has 0 fully saturated rings. The second kappa shape index (κ2) is 13.8. The first-order chi connectivity index (χ1) is 12.9. The molecule has 0 unspecified atom stereocenters. The third-order valence-corrected chi connectivity index (χ3v) is 7.99. The minimum Gasteiger partial charge on any atom is -0.0656 e. The van der Waals surface area contributed by atoms with Crippen molar-refractivity contribution in [3.8, 4) is 0 Å². The van der Waals surface area contributed by atoms with Crippen LogP contribution in [0.1, 0.15) is 83.6 Å². The summed E-state index contributed by atoms with van der Waals surface area (Å²) in [7, 11) is -1.44. The number of hydrogen-bond donors (Lipinski definition) is 0. The fraction of sp³-hybridized carbons (Fsp3) is 0.600. The molecule has 0 saturated heterocycles. The number of benzene rings is 1. The molecule has 152 valence electrons. The minimum absolute atomic E-state index is 1.23. The highest BCUT2D eigenvalue weighted by Crippen LogP contribution is 2.34. The Morgan fingerprint density at radius 1 is 0.815 bits per heavy atom. The zero-order valence-corrected chi connectivity index (χ0v) is 21.6. The van der Waals surface area contributed by atoms with Gasteiger partial charge in [0.15, 0.2) is 0 Å². The SMILES string of the molecule is CCCCCCC(/C=C(/I)CCCCCC)=C(\c1ccccc1)[Si](C)(C)C. The number of allylic oxidation sites excluding steroid dienone is 3. The largest absolute Gasteiger partial charge is 0.0787 e. The van der Waals surface area contributed by atoms with E-state index in [-0.39, 0.29) is 0 Å². The summed E-state index contributed by atoms with van der Waals surface area (Å²) in [6.45, 7) is 12.1. The van der Waals surface area contributed by atoms with E-state index in [1.165, 1.54) is 69.8 Å². The van der Waals surface area contributed by atoms with Gasteiger partial charge in [0.2, 0.25) is 0 Å². The Kier molecular flexibility index (Phi) is 12.6. The summed E-state index contributed by atoms with van der Waals surface area (Å²) in [5.41, 5.74) is 3.07. The summed E-state index contributed by atoms with van der Waals surface area (Å²) in [6.07, 6.45) is 15.8. The Labute approximate surface area is 184 Å². The van der Waals surface area contributed by atoms with E-state index >= 15 is 0 Å². The van der Waals surface area contributed by atoms with Gasteiger partial charge in [-0.3, -0.25) is 0 Å². The van der Waals surface area contributed by atoms with Gasteiger partial charge in [-0.25, -0.2) is 0 Å². The van der Waals surface area contributed by atoms with Gasteiger partial charge in [-0.2, -0.15) is 0 Å². The van der Waals surface area contributed by atoms with Gasteiger partial charge in [-0.1, -0.05) is 102 Å². The van der Waals surface area contributed by atoms with Crippen LogP contribution >= 0.6 is 22.6 Å². The van der Waals surface area contributed by atoms with E-state index in [0.29, 0.717) is 0 Å². The van der Waals surface area contributed by atoms with E-state index in [9.17, 15) is 0 Å². The van der Waals surface area contributed by atoms with Crippen LogP contribution in [0, 0.1) is 0 Å². The Hall–Kier alpha value is -0.353. The standard InChI is InChI=1S/C25H41ISi/c1-6-8-10-13-19-23(21-24(26)20-16-11-9-7-2)25(27(3,4)5)22-17-14-12-15-18-22/h12,14-15,17-18,21H,6-11,13,16,19-20H2,1-5H3/b24-21+,25-23-. The fourth-order valence-corrected chi connectivity index (χ4v) is 6.65. The van der Waals surface area contributed by atoms with Crippen LogP contribution in [-0.2, 0) is 0 Å². The molecule has 0 bridgehead atoms. The molecule has 0 atom stereocenters. The maximum absolute atomic E-state index is 2.60. The molecular weight excluding hydrogens is 455 g/mol. The summed E-state index contributed by atoms with van der Waals surface area (Å²) in [4.78, 5) is 0. The summed E-state index contributed by atoms with van der Waals surface area (Å²) in [6, 6.07) is 11.2. The minimum atomic E-state index is -1.44. The number of halogens is 1. The molecule has 0 amide bonds. The zero-order chi connectivity index (χ0) is 20.1. The van der Waals surface area contributed by atoms with Crippen molar-refractivity contribution in [3.63, 3.8) is 0 Å². The third kappa shape index (κ3) is 10.1. The smallest absolute Gasteiger partial charge is 0.0656 e. The molecule has 0 N–H and O–H groups in total. The zero-order valence-electron chi connectivity index (χ0n) is 18.4. The van der Waals surface area contributed by atoms with Crippen molar-refractivity contribution < 1.29 is 0 Å². The number of unbranched alkanes of at least 4 members (excludes halogenated alkanes) is 6. The quantitative estimate of drug-likeness (QED) is 0.110. The molecular formula is C25H41ISi. The van der Waals surface area contributed by atoms with Crippen LogP contribution in [0.5, 0.6) is 0 Å². The highest BCUT2D eigenvalue weighted by molar-refractivity contribution is 14.1. The van der Waals surface area contributed by atoms with Gasteiger partial charge < -0.3 is 0 Å². The molecule has 1 aromatic carbocycles. The van der Waals surface area contributed by atoms with Gasteiger partial charge in [0.05, 0.1) is 8.07 Å². The Bertz CT molecular complexity index is 578. The van der Waals surface area contributed by atoms with Crippen molar-refractivity contribution in [1.29, 1.82) is 0 Å². The van der Waals surface area contributed by atoms with Crippen molar-refractivity contribution in [2.75, 3.05) is 0 Å². The van der Waals surface area contributed by atoms with Crippen LogP contribution in [0.25, 0.3) is 5.20 Å². The van der Waals surface area contributed by atoms with Gasteiger partial charge in [-0.15, -0.1) is 0 Å². The molecule has 0 saturated carbocycles. The van der Waals surface area contributed by atoms with Gasteiger partial charge in [0.1, 0.15) is 0 Å². The molecule has 0 aliphatic carbocycles. The maximum atomic E-state index is 2.60. The van der Waals surface area contributed by atoms with Gasteiger partial charge in [0, 0.05) is 0 Å². The Balaban J connectivity index is 3.16. The predicted molar refractivity (Wildman–Crippen MR) is 136 cm³/mol. The molecule has 1 rings (SSSR count). The first kappa shape index (κ1) is 24.7. The first-order valence-electron chi connectivity index (χ1n) is 11.0. The van der Waals surface area contributed by atoms with Crippen LogP contribution in [0.2, 0.25) is 19.6 Å². The van der Waals surface area contributed by atoms with E-state index in [1.54, 1.807) is 14.3 Å². The summed E-state index contributed by atoms with van der Waals surface area (Å²) >= 11 is 2.60. The van der Waals surface area contributed by atoms with Crippen molar-refractivity contribution in [2.24, 2.45) is 0 Å². The first-order valence-corrected chi connectivity index (χ1v) is 15.6. The van der Waals surface area contributed by atoms with Crippen molar-refractivity contribution in [3.05, 3.63) is 51.1 Å². The van der Waals surface area contributed by atoms with Crippen LogP contribution in [0.4, 0.5) is 0 Å². The third-order valence-electron chi connectivity index (χ3n) is 5.03. The fourth-order valence-electron chi connectivity index (χ4n) is 3.70. The highest BCUT2D eigenvalue weighted by atomic mass is 127. The van der Waals surface area contributed by atoms with Crippen molar-refractivity contribution in [1.82, 2.24) is 0 Å². The lowest BCUT2D eigenvalue weighted by Crippen LogP contribution is -2.24. The van der Waals surface area contributed by atoms with E-state index in [2.05, 4.69) is 92.5 Å². The molecule has 0 aromatic heterocycles. The average molecular weight is 497 g/mol. The van der Waals surface area contributed by atoms with E-state index in [0.717, 1.165) is 0 Å². The lowest BCUT2D eigenvalue weighted by atomic mass is 10.0. The van der Waals surface area contributed by atoms with Gasteiger partial charge in [0.25, 0.3) is 0 Å². The second-order valence-corrected chi connectivity index (χ2v) is 15.1.